The molecular weight excluding hydrogens is 424 g/mol. The summed E-state index contributed by atoms with van der Waals surface area (Å²) in [5.74, 6) is -5.04. The summed E-state index contributed by atoms with van der Waals surface area (Å²) in [7, 11) is 1.13. The van der Waals surface area contributed by atoms with Crippen molar-refractivity contribution in [2.45, 2.75) is 6.18 Å². The number of hydrogen-bond donors (Lipinski definition) is 1. The van der Waals surface area contributed by atoms with Gasteiger partial charge in [-0.25, -0.2) is 13.2 Å². The molecule has 11 heteroatoms. The highest BCUT2D eigenvalue weighted by molar-refractivity contribution is 6.33. The normalized spacial score (nSPS) is 11.6. The Bertz CT molecular complexity index is 1100. The monoisotopic (exact) mass is 433 g/mol. The molecule has 0 saturated heterocycles. The first kappa shape index (κ1) is 20.7. The summed E-state index contributed by atoms with van der Waals surface area (Å²) in [6.45, 7) is 0. The first-order valence-electron chi connectivity index (χ1n) is 7.85. The molecule has 1 aromatic heterocycles. The molecular formula is C18H10ClF6N3O. The molecule has 4 nitrogen and oxygen atoms in total. The summed E-state index contributed by atoms with van der Waals surface area (Å²) in [6, 6.07) is 6.39. The van der Waals surface area contributed by atoms with E-state index in [1.807, 2.05) is 0 Å². The van der Waals surface area contributed by atoms with E-state index >= 15 is 0 Å². The number of nitrogens with one attached hydrogen (secondary N) is 1. The van der Waals surface area contributed by atoms with Crippen LogP contribution in [0.1, 0.15) is 16.1 Å². The number of amides is 1. The molecule has 152 valence electrons. The van der Waals surface area contributed by atoms with Crippen LogP contribution in [0.25, 0.3) is 11.1 Å². The number of alkyl halides is 3. The van der Waals surface area contributed by atoms with Crippen molar-refractivity contribution in [2.75, 3.05) is 11.9 Å². The predicted octanol–water partition coefficient (Wildman–Crippen LogP) is 5.44. The fraction of sp³-hybridized carbons (Fsp3) is 0.111. The molecule has 1 N–H and O–H groups in total. The molecule has 0 fully saturated rings. The minimum absolute atomic E-state index is 0.0482. The third kappa shape index (κ3) is 3.80. The Morgan fingerprint density at radius 3 is 2.31 bits per heavy atom. The second-order valence-corrected chi connectivity index (χ2v) is 6.25. The minimum Gasteiger partial charge on any atom is -0.311 e. The first-order chi connectivity index (χ1) is 13.5. The molecule has 3 aromatic rings. The number of para-hydroxylation sites is 1. The van der Waals surface area contributed by atoms with Gasteiger partial charge in [-0.2, -0.15) is 18.3 Å². The molecule has 0 radical (unpaired) electrons. The zero-order valence-corrected chi connectivity index (χ0v) is 15.2. The number of anilines is 1. The van der Waals surface area contributed by atoms with Gasteiger partial charge < -0.3 is 4.90 Å². The lowest BCUT2D eigenvalue weighted by Gasteiger charge is -2.21. The van der Waals surface area contributed by atoms with Crippen molar-refractivity contribution < 1.29 is 31.1 Å². The number of aromatic nitrogens is 2. The molecule has 0 atom stereocenters. The zero-order chi connectivity index (χ0) is 21.5. The number of benzene rings is 2. The van der Waals surface area contributed by atoms with Gasteiger partial charge in [-0.15, -0.1) is 0 Å². The number of hydrogen-bond acceptors (Lipinski definition) is 2. The van der Waals surface area contributed by atoms with E-state index in [9.17, 15) is 31.1 Å². The Hall–Kier alpha value is -3.01. The lowest BCUT2D eigenvalue weighted by atomic mass is 10.0. The van der Waals surface area contributed by atoms with Crippen molar-refractivity contribution >= 4 is 23.2 Å². The van der Waals surface area contributed by atoms with Gasteiger partial charge in [0.05, 0.1) is 5.69 Å². The first-order valence-corrected chi connectivity index (χ1v) is 8.23. The Balaban J connectivity index is 2.12. The second kappa shape index (κ2) is 7.43. The molecule has 0 saturated carbocycles. The Morgan fingerprint density at radius 1 is 1.03 bits per heavy atom. The van der Waals surface area contributed by atoms with E-state index in [4.69, 9.17) is 11.6 Å². The predicted molar refractivity (Wildman–Crippen MR) is 93.1 cm³/mol. The van der Waals surface area contributed by atoms with Gasteiger partial charge in [0, 0.05) is 24.2 Å². The van der Waals surface area contributed by atoms with Crippen molar-refractivity contribution in [3.8, 4) is 11.1 Å². The maximum Gasteiger partial charge on any atom is 0.433 e. The van der Waals surface area contributed by atoms with Gasteiger partial charge in [0.25, 0.3) is 5.91 Å². The van der Waals surface area contributed by atoms with Crippen molar-refractivity contribution in [1.82, 2.24) is 10.2 Å². The Labute approximate surface area is 164 Å². The number of aromatic amines is 1. The molecule has 2 aromatic carbocycles. The smallest absolute Gasteiger partial charge is 0.311 e. The standard InChI is InChI=1S/C18H10ClF6N3O/c1-28(17(29)14-15(18(23,24)25)26-27-16(14)19)13-5-3-2-4-8(13)9-6-11(21)12(22)7-10(9)20/h2-7H,1H3,(H,26,27). The van der Waals surface area contributed by atoms with Crippen LogP contribution in [0.15, 0.2) is 36.4 Å². The third-order valence-electron chi connectivity index (χ3n) is 4.09. The van der Waals surface area contributed by atoms with E-state index in [0.29, 0.717) is 12.1 Å². The number of halogens is 7. The summed E-state index contributed by atoms with van der Waals surface area (Å²) in [4.78, 5) is 13.5. The summed E-state index contributed by atoms with van der Waals surface area (Å²) < 4.78 is 80.5. The minimum atomic E-state index is -4.93. The van der Waals surface area contributed by atoms with Crippen molar-refractivity contribution in [2.24, 2.45) is 0 Å². The quantitative estimate of drug-likeness (QED) is 0.441. The molecule has 0 aliphatic rings. The van der Waals surface area contributed by atoms with Crippen LogP contribution in [0, 0.1) is 17.5 Å². The second-order valence-electron chi connectivity index (χ2n) is 5.89. The highest BCUT2D eigenvalue weighted by atomic mass is 35.5. The highest BCUT2D eigenvalue weighted by Gasteiger charge is 2.40. The van der Waals surface area contributed by atoms with Crippen LogP contribution >= 0.6 is 11.6 Å². The van der Waals surface area contributed by atoms with Gasteiger partial charge in [0.2, 0.25) is 0 Å². The van der Waals surface area contributed by atoms with Crippen molar-refractivity contribution in [3.63, 3.8) is 0 Å². The van der Waals surface area contributed by atoms with Crippen LogP contribution in [0.2, 0.25) is 5.15 Å². The van der Waals surface area contributed by atoms with E-state index < -0.39 is 45.9 Å². The fourth-order valence-electron chi connectivity index (χ4n) is 2.72. The van der Waals surface area contributed by atoms with Crippen LogP contribution in [0.4, 0.5) is 32.0 Å². The SMILES string of the molecule is CN(C(=O)c1c(Cl)n[nH]c1C(F)(F)F)c1ccccc1-c1cc(F)c(F)cc1F. The number of H-pyrrole nitrogens is 1. The third-order valence-corrected chi connectivity index (χ3v) is 4.36. The molecule has 0 aliphatic heterocycles. The number of rotatable bonds is 3. The van der Waals surface area contributed by atoms with Crippen LogP contribution in [0.3, 0.4) is 0 Å². The lowest BCUT2D eigenvalue weighted by molar-refractivity contribution is -0.141. The van der Waals surface area contributed by atoms with E-state index in [0.717, 1.165) is 11.9 Å². The van der Waals surface area contributed by atoms with E-state index in [-0.39, 0.29) is 16.8 Å². The maximum absolute atomic E-state index is 14.2. The summed E-state index contributed by atoms with van der Waals surface area (Å²) >= 11 is 5.66. The number of nitrogens with zero attached hydrogens (tertiary/aromatic N) is 2. The van der Waals surface area contributed by atoms with Gasteiger partial charge >= 0.3 is 6.18 Å². The number of carbonyl (C=O) groups is 1. The molecule has 3 rings (SSSR count). The molecule has 0 unspecified atom stereocenters. The molecule has 0 bridgehead atoms. The molecule has 29 heavy (non-hydrogen) atoms. The Kier molecular flexibility index (Phi) is 5.31. The van der Waals surface area contributed by atoms with Crippen LogP contribution in [-0.4, -0.2) is 23.2 Å². The molecule has 1 heterocycles. The fourth-order valence-corrected chi connectivity index (χ4v) is 2.94. The summed E-state index contributed by atoms with van der Waals surface area (Å²) in [5, 5.41) is 4.18. The van der Waals surface area contributed by atoms with E-state index in [1.165, 1.54) is 24.3 Å². The largest absolute Gasteiger partial charge is 0.433 e. The van der Waals surface area contributed by atoms with Gasteiger partial charge in [0.1, 0.15) is 11.4 Å². The van der Waals surface area contributed by atoms with Crippen molar-refractivity contribution in [1.29, 1.82) is 0 Å². The number of carbonyl (C=O) groups excluding carboxylic acids is 1. The average molecular weight is 434 g/mol. The van der Waals surface area contributed by atoms with Gasteiger partial charge in [-0.3, -0.25) is 9.89 Å². The van der Waals surface area contributed by atoms with E-state index in [2.05, 4.69) is 5.10 Å². The van der Waals surface area contributed by atoms with Gasteiger partial charge in [-0.05, 0) is 12.1 Å². The maximum atomic E-state index is 14.2. The summed E-state index contributed by atoms with van der Waals surface area (Å²) in [5.41, 5.74) is -2.87. The van der Waals surface area contributed by atoms with E-state index in [1.54, 1.807) is 5.10 Å². The van der Waals surface area contributed by atoms with Crippen LogP contribution in [0.5, 0.6) is 0 Å². The topological polar surface area (TPSA) is 49.0 Å². The lowest BCUT2D eigenvalue weighted by Crippen LogP contribution is -2.29. The van der Waals surface area contributed by atoms with Crippen LogP contribution < -0.4 is 4.90 Å². The molecule has 1 amide bonds. The van der Waals surface area contributed by atoms with Gasteiger partial charge in [0.15, 0.2) is 22.5 Å². The zero-order valence-electron chi connectivity index (χ0n) is 14.4. The average Bonchev–Trinajstić information content (AvgIpc) is 3.05. The van der Waals surface area contributed by atoms with Crippen LogP contribution in [-0.2, 0) is 6.18 Å². The highest BCUT2D eigenvalue weighted by Crippen LogP contribution is 2.37. The van der Waals surface area contributed by atoms with Crippen molar-refractivity contribution in [3.05, 3.63) is 70.3 Å². The molecule has 0 spiro atoms. The summed E-state index contributed by atoms with van der Waals surface area (Å²) in [6.07, 6.45) is -4.93. The molecule has 0 aliphatic carbocycles. The van der Waals surface area contributed by atoms with Gasteiger partial charge in [-0.1, -0.05) is 29.8 Å². The Morgan fingerprint density at radius 2 is 1.66 bits per heavy atom.